The molecule has 0 fully saturated rings. The van der Waals surface area contributed by atoms with Gasteiger partial charge in [0, 0.05) is 0 Å². The second-order valence-electron chi connectivity index (χ2n) is 8.57. The number of fused-ring (bicyclic) bond motifs is 1. The summed E-state index contributed by atoms with van der Waals surface area (Å²) in [6, 6.07) is 7.57. The van der Waals surface area contributed by atoms with Crippen LogP contribution in [0.2, 0.25) is 0 Å². The third-order valence-corrected chi connectivity index (χ3v) is 6.08. The lowest BCUT2D eigenvalue weighted by atomic mass is 9.91. The fraction of sp³-hybridized carbons (Fsp3) is 0.400. The van der Waals surface area contributed by atoms with Gasteiger partial charge in [-0.1, -0.05) is 42.5 Å². The number of benzene rings is 2. The van der Waals surface area contributed by atoms with Gasteiger partial charge in [-0.25, -0.2) is 0 Å². The topological polar surface area (TPSA) is 29.1 Å². The molecule has 178 valence electrons. The predicted octanol–water partition coefficient (Wildman–Crippen LogP) is 7.03. The molecule has 33 heavy (non-hydrogen) atoms. The van der Waals surface area contributed by atoms with Gasteiger partial charge >= 0.3 is 12.4 Å². The number of halogens is 6. The summed E-state index contributed by atoms with van der Waals surface area (Å²) < 4.78 is 78.6. The van der Waals surface area contributed by atoms with E-state index in [1.807, 2.05) is 6.92 Å². The molecule has 2 nitrogen and oxygen atoms in total. The average Bonchev–Trinajstić information content (AvgIpc) is 3.05. The van der Waals surface area contributed by atoms with E-state index in [9.17, 15) is 31.1 Å². The largest absolute Gasteiger partial charge is 0.399 e. The normalized spacial score (nSPS) is 17.3. The number of hydrogen-bond donors (Lipinski definition) is 1. The number of rotatable bonds is 5. The molecule has 0 saturated heterocycles. The molecule has 0 aromatic heterocycles. The van der Waals surface area contributed by atoms with Crippen molar-refractivity contribution in [2.45, 2.75) is 64.3 Å². The fourth-order valence-corrected chi connectivity index (χ4v) is 4.18. The van der Waals surface area contributed by atoms with Crippen molar-refractivity contribution in [3.05, 3.63) is 75.4 Å². The van der Waals surface area contributed by atoms with E-state index in [2.05, 4.69) is 5.32 Å². The van der Waals surface area contributed by atoms with Gasteiger partial charge in [0.2, 0.25) is 5.91 Å². The number of hydrogen-bond acceptors (Lipinski definition) is 1. The quantitative estimate of drug-likeness (QED) is 0.468. The van der Waals surface area contributed by atoms with E-state index in [4.69, 9.17) is 0 Å². The first kappa shape index (κ1) is 24.9. The highest BCUT2D eigenvalue weighted by molar-refractivity contribution is 5.77. The summed E-state index contributed by atoms with van der Waals surface area (Å²) in [5.74, 6) is -2.86. The Bertz CT molecular complexity index is 1040. The molecule has 1 aliphatic rings. The highest BCUT2D eigenvalue weighted by Crippen LogP contribution is 2.38. The first-order valence-electron chi connectivity index (χ1n) is 10.6. The van der Waals surface area contributed by atoms with Crippen molar-refractivity contribution < 1.29 is 31.1 Å². The van der Waals surface area contributed by atoms with Crippen LogP contribution in [0.15, 0.2) is 36.4 Å². The van der Waals surface area contributed by atoms with Gasteiger partial charge in [-0.05, 0) is 72.6 Å². The molecule has 2 atom stereocenters. The summed E-state index contributed by atoms with van der Waals surface area (Å²) in [5, 5.41) is 2.39. The van der Waals surface area contributed by atoms with Gasteiger partial charge < -0.3 is 5.32 Å². The zero-order valence-electron chi connectivity index (χ0n) is 18.5. The van der Waals surface area contributed by atoms with Crippen molar-refractivity contribution in [2.24, 2.45) is 0 Å². The Labute approximate surface area is 188 Å². The Balaban J connectivity index is 1.80. The second-order valence-corrected chi connectivity index (χ2v) is 8.57. The molecule has 2 aromatic carbocycles. The van der Waals surface area contributed by atoms with Gasteiger partial charge in [-0.3, -0.25) is 4.79 Å². The van der Waals surface area contributed by atoms with Gasteiger partial charge in [-0.2, -0.15) is 26.3 Å². The molecule has 0 aliphatic heterocycles. The van der Waals surface area contributed by atoms with Gasteiger partial charge in [0.05, 0.1) is 12.0 Å². The smallest absolute Gasteiger partial charge is 0.349 e. The summed E-state index contributed by atoms with van der Waals surface area (Å²) >= 11 is 0. The minimum atomic E-state index is -4.58. The van der Waals surface area contributed by atoms with Crippen LogP contribution in [0.1, 0.15) is 63.7 Å². The van der Waals surface area contributed by atoms with Crippen LogP contribution in [0.25, 0.3) is 6.08 Å². The number of allylic oxidation sites excluding steroid dienone is 1. The van der Waals surface area contributed by atoms with E-state index >= 15 is 0 Å². The summed E-state index contributed by atoms with van der Waals surface area (Å²) in [5.41, 5.74) is 4.78. The summed E-state index contributed by atoms with van der Waals surface area (Å²) in [4.78, 5) is 11.6. The number of nitrogens with one attached hydrogen (secondary N) is 1. The Morgan fingerprint density at radius 2 is 1.70 bits per heavy atom. The van der Waals surface area contributed by atoms with Crippen molar-refractivity contribution in [1.29, 1.82) is 0 Å². The van der Waals surface area contributed by atoms with Crippen LogP contribution in [-0.4, -0.2) is 18.3 Å². The monoisotopic (exact) mass is 469 g/mol. The third kappa shape index (κ3) is 6.18. The number of alkyl halides is 6. The van der Waals surface area contributed by atoms with E-state index in [0.29, 0.717) is 24.0 Å². The summed E-state index contributed by atoms with van der Waals surface area (Å²) in [6.07, 6.45) is -7.08. The lowest BCUT2D eigenvalue weighted by molar-refractivity contribution is -0.154. The molecule has 2 unspecified atom stereocenters. The van der Waals surface area contributed by atoms with Crippen LogP contribution >= 0.6 is 0 Å². The lowest BCUT2D eigenvalue weighted by Crippen LogP contribution is -2.31. The van der Waals surface area contributed by atoms with E-state index < -0.39 is 36.6 Å². The highest BCUT2D eigenvalue weighted by atomic mass is 19.4. The highest BCUT2D eigenvalue weighted by Gasteiger charge is 2.39. The second kappa shape index (κ2) is 9.23. The van der Waals surface area contributed by atoms with E-state index in [-0.39, 0.29) is 5.56 Å². The number of aryl methyl sites for hydroxylation is 3. The zero-order valence-corrected chi connectivity index (χ0v) is 18.5. The molecule has 3 rings (SSSR count). The molecule has 0 spiro atoms. The molecule has 1 N–H and O–H groups in total. The third-order valence-electron chi connectivity index (χ3n) is 6.08. The molecule has 1 aliphatic carbocycles. The summed E-state index contributed by atoms with van der Waals surface area (Å²) in [7, 11) is 0. The molecule has 0 saturated carbocycles. The minimum absolute atomic E-state index is 0.174. The van der Waals surface area contributed by atoms with Crippen molar-refractivity contribution >= 4 is 12.0 Å². The van der Waals surface area contributed by atoms with Crippen LogP contribution in [0.5, 0.6) is 0 Å². The maximum Gasteiger partial charge on any atom is 0.399 e. The standard InChI is InChI=1S/C25H25F6NO/c1-14-10-19(11-15(2)16(14)3)21(25(29,30)31)8-5-17-4-7-20-18(12-17)6-9-22(20)32-23(33)13-24(26,27)28/h4-5,7-8,10-12,21-22H,6,9,13H2,1-3H3,(H,32,33)/b8-5+. The van der Waals surface area contributed by atoms with Crippen LogP contribution in [0.3, 0.4) is 0 Å². The van der Waals surface area contributed by atoms with Crippen molar-refractivity contribution in [3.8, 4) is 0 Å². The van der Waals surface area contributed by atoms with E-state index in [1.54, 1.807) is 44.2 Å². The van der Waals surface area contributed by atoms with E-state index in [1.165, 1.54) is 6.08 Å². The van der Waals surface area contributed by atoms with Gasteiger partial charge in [-0.15, -0.1) is 0 Å². The number of carbonyl (C=O) groups is 1. The first-order chi connectivity index (χ1) is 15.2. The van der Waals surface area contributed by atoms with Gasteiger partial charge in [0.25, 0.3) is 0 Å². The Hall–Kier alpha value is -2.77. The Morgan fingerprint density at radius 1 is 1.06 bits per heavy atom. The Kier molecular flexibility index (Phi) is 6.96. The maximum atomic E-state index is 13.8. The zero-order chi connectivity index (χ0) is 24.6. The van der Waals surface area contributed by atoms with Crippen molar-refractivity contribution in [3.63, 3.8) is 0 Å². The van der Waals surface area contributed by atoms with Gasteiger partial charge in [0.15, 0.2) is 0 Å². The minimum Gasteiger partial charge on any atom is -0.349 e. The summed E-state index contributed by atoms with van der Waals surface area (Å²) in [6.45, 7) is 5.44. The van der Waals surface area contributed by atoms with Crippen molar-refractivity contribution in [2.75, 3.05) is 0 Å². The molecular formula is C25H25F6NO. The predicted molar refractivity (Wildman–Crippen MR) is 115 cm³/mol. The molecule has 0 heterocycles. The molecule has 8 heteroatoms. The molecule has 0 radical (unpaired) electrons. The number of amides is 1. The SMILES string of the molecule is Cc1cc(C(/C=C/c2ccc3c(c2)CCC3NC(=O)CC(F)(F)F)C(F)(F)F)cc(C)c1C. The fourth-order valence-electron chi connectivity index (χ4n) is 4.18. The Morgan fingerprint density at radius 3 is 2.27 bits per heavy atom. The molecule has 0 bridgehead atoms. The molecular weight excluding hydrogens is 444 g/mol. The van der Waals surface area contributed by atoms with Crippen LogP contribution < -0.4 is 5.32 Å². The number of carbonyl (C=O) groups excluding carboxylic acids is 1. The lowest BCUT2D eigenvalue weighted by Gasteiger charge is -2.19. The van der Waals surface area contributed by atoms with E-state index in [0.717, 1.165) is 28.3 Å². The molecule has 1 amide bonds. The average molecular weight is 469 g/mol. The van der Waals surface area contributed by atoms with Crippen LogP contribution in [-0.2, 0) is 11.2 Å². The molecule has 2 aromatic rings. The first-order valence-corrected chi connectivity index (χ1v) is 10.6. The van der Waals surface area contributed by atoms with Crippen molar-refractivity contribution in [1.82, 2.24) is 5.32 Å². The van der Waals surface area contributed by atoms with Crippen LogP contribution in [0.4, 0.5) is 26.3 Å². The van der Waals surface area contributed by atoms with Gasteiger partial charge in [0.1, 0.15) is 6.42 Å². The van der Waals surface area contributed by atoms with Crippen LogP contribution in [0, 0.1) is 20.8 Å². The maximum absolute atomic E-state index is 13.8.